The van der Waals surface area contributed by atoms with E-state index in [1.165, 1.54) is 0 Å². The van der Waals surface area contributed by atoms with Crippen molar-refractivity contribution >= 4 is 22.7 Å². The number of nitrogens with one attached hydrogen (secondary N) is 1. The Morgan fingerprint density at radius 3 is 2.33 bits per heavy atom. The maximum atomic E-state index is 13.2. The van der Waals surface area contributed by atoms with Crippen LogP contribution in [0.2, 0.25) is 0 Å². The molecule has 2 aromatic heterocycles. The van der Waals surface area contributed by atoms with Gasteiger partial charge >= 0.3 is 0 Å². The summed E-state index contributed by atoms with van der Waals surface area (Å²) < 4.78 is 0. The molecule has 1 saturated heterocycles. The van der Waals surface area contributed by atoms with Crippen molar-refractivity contribution in [2.24, 2.45) is 0 Å². The molecule has 0 unspecified atom stereocenters. The highest BCUT2D eigenvalue weighted by molar-refractivity contribution is 6.08. The number of aromatic nitrogens is 2. The third kappa shape index (κ3) is 3.30. The number of aryl methyl sites for hydroxylation is 1. The van der Waals surface area contributed by atoms with E-state index in [2.05, 4.69) is 9.97 Å². The lowest BCUT2D eigenvalue weighted by Crippen LogP contribution is -2.37. The van der Waals surface area contributed by atoms with Gasteiger partial charge in [-0.15, -0.1) is 0 Å². The van der Waals surface area contributed by atoms with E-state index < -0.39 is 0 Å². The highest BCUT2D eigenvalue weighted by Crippen LogP contribution is 2.24. The van der Waals surface area contributed by atoms with Crippen LogP contribution in [-0.2, 0) is 0 Å². The largest absolute Gasteiger partial charge is 0.358 e. The molecule has 1 aliphatic rings. The first-order chi connectivity index (χ1) is 13.1. The number of H-pyrrole nitrogens is 1. The summed E-state index contributed by atoms with van der Waals surface area (Å²) in [4.78, 5) is 36.8. The summed E-state index contributed by atoms with van der Waals surface area (Å²) in [7, 11) is 0. The molecule has 0 spiro atoms. The van der Waals surface area contributed by atoms with Crippen molar-refractivity contribution in [1.29, 1.82) is 0 Å². The Kier molecular flexibility index (Phi) is 4.62. The number of amides is 2. The second-order valence-electron chi connectivity index (χ2n) is 6.84. The number of hydrogen-bond acceptors (Lipinski definition) is 3. The number of benzene rings is 1. The molecule has 0 saturated carbocycles. The third-order valence-electron chi connectivity index (χ3n) is 5.11. The highest BCUT2D eigenvalue weighted by Gasteiger charge is 2.26. The van der Waals surface area contributed by atoms with Gasteiger partial charge in [0, 0.05) is 60.7 Å². The van der Waals surface area contributed by atoms with E-state index >= 15 is 0 Å². The van der Waals surface area contributed by atoms with Gasteiger partial charge in [-0.1, -0.05) is 18.2 Å². The van der Waals surface area contributed by atoms with Crippen molar-refractivity contribution in [3.8, 4) is 0 Å². The predicted molar refractivity (Wildman–Crippen MR) is 104 cm³/mol. The summed E-state index contributed by atoms with van der Waals surface area (Å²) in [6.45, 7) is 4.31. The lowest BCUT2D eigenvalue weighted by atomic mass is 10.1. The minimum absolute atomic E-state index is 0.00465. The Morgan fingerprint density at radius 1 is 0.926 bits per heavy atom. The Labute approximate surface area is 157 Å². The minimum atomic E-state index is -0.00465. The van der Waals surface area contributed by atoms with E-state index in [1.807, 2.05) is 41.0 Å². The smallest absolute Gasteiger partial charge is 0.256 e. The van der Waals surface area contributed by atoms with Gasteiger partial charge in [-0.05, 0) is 31.5 Å². The molecule has 0 aliphatic carbocycles. The SMILES string of the molecule is Cc1[nH]c2ccccc2c1C(=O)N1CCCN(C(=O)c2ccncc2)CC1. The molecular formula is C21H22N4O2. The average molecular weight is 362 g/mol. The molecule has 1 aromatic carbocycles. The Hall–Kier alpha value is -3.15. The van der Waals surface area contributed by atoms with Crippen molar-refractivity contribution < 1.29 is 9.59 Å². The van der Waals surface area contributed by atoms with E-state index in [1.54, 1.807) is 24.5 Å². The molecule has 1 aliphatic heterocycles. The summed E-state index contributed by atoms with van der Waals surface area (Å²) >= 11 is 0. The Balaban J connectivity index is 1.52. The summed E-state index contributed by atoms with van der Waals surface area (Å²) in [5, 5.41) is 0.953. The fraction of sp³-hybridized carbons (Fsp3) is 0.286. The summed E-state index contributed by atoms with van der Waals surface area (Å²) in [5.41, 5.74) is 3.23. The summed E-state index contributed by atoms with van der Waals surface area (Å²) in [6.07, 6.45) is 4.02. The lowest BCUT2D eigenvalue weighted by Gasteiger charge is -2.22. The van der Waals surface area contributed by atoms with E-state index in [0.29, 0.717) is 31.7 Å². The fourth-order valence-corrected chi connectivity index (χ4v) is 3.71. The van der Waals surface area contributed by atoms with E-state index in [4.69, 9.17) is 0 Å². The predicted octanol–water partition coefficient (Wildman–Crippen LogP) is 2.86. The molecule has 27 heavy (non-hydrogen) atoms. The molecule has 0 radical (unpaired) electrons. The van der Waals surface area contributed by atoms with Crippen molar-refractivity contribution in [2.75, 3.05) is 26.2 Å². The summed E-state index contributed by atoms with van der Waals surface area (Å²) in [6, 6.07) is 11.3. The van der Waals surface area contributed by atoms with Gasteiger partial charge in [0.05, 0.1) is 5.56 Å². The quantitative estimate of drug-likeness (QED) is 0.762. The molecule has 138 valence electrons. The van der Waals surface area contributed by atoms with Gasteiger partial charge in [0.1, 0.15) is 0 Å². The number of aromatic amines is 1. The second kappa shape index (κ2) is 7.23. The van der Waals surface area contributed by atoms with Gasteiger partial charge in [-0.2, -0.15) is 0 Å². The van der Waals surface area contributed by atoms with Gasteiger partial charge in [0.15, 0.2) is 0 Å². The van der Waals surface area contributed by atoms with Crippen molar-refractivity contribution in [3.05, 3.63) is 65.6 Å². The standard InChI is InChI=1S/C21H22N4O2/c1-15-19(17-5-2-3-6-18(17)23-15)21(27)25-12-4-11-24(13-14-25)20(26)16-7-9-22-10-8-16/h2-3,5-10,23H,4,11-14H2,1H3. The maximum absolute atomic E-state index is 13.2. The molecule has 0 bridgehead atoms. The van der Waals surface area contributed by atoms with Gasteiger partial charge in [0.25, 0.3) is 11.8 Å². The molecule has 4 rings (SSSR count). The van der Waals surface area contributed by atoms with E-state index in [-0.39, 0.29) is 11.8 Å². The summed E-state index contributed by atoms with van der Waals surface area (Å²) in [5.74, 6) is 0.0260. The van der Waals surface area contributed by atoms with Gasteiger partial charge < -0.3 is 14.8 Å². The average Bonchev–Trinajstić information content (AvgIpc) is 2.87. The zero-order valence-electron chi connectivity index (χ0n) is 15.3. The van der Waals surface area contributed by atoms with Crippen LogP contribution in [-0.4, -0.2) is 57.8 Å². The normalized spacial score (nSPS) is 15.0. The van der Waals surface area contributed by atoms with E-state index in [0.717, 1.165) is 28.6 Å². The van der Waals surface area contributed by atoms with Crippen LogP contribution in [0, 0.1) is 6.92 Å². The second-order valence-corrected chi connectivity index (χ2v) is 6.84. The van der Waals surface area contributed by atoms with Crippen LogP contribution in [0.15, 0.2) is 48.8 Å². The van der Waals surface area contributed by atoms with Crippen LogP contribution in [0.3, 0.4) is 0 Å². The molecule has 3 heterocycles. The van der Waals surface area contributed by atoms with Crippen LogP contribution in [0.25, 0.3) is 10.9 Å². The zero-order valence-corrected chi connectivity index (χ0v) is 15.3. The Morgan fingerprint density at radius 2 is 1.59 bits per heavy atom. The van der Waals surface area contributed by atoms with Crippen LogP contribution in [0.4, 0.5) is 0 Å². The van der Waals surface area contributed by atoms with Crippen LogP contribution >= 0.6 is 0 Å². The molecule has 1 fully saturated rings. The molecule has 2 amide bonds. The molecule has 3 aromatic rings. The first-order valence-electron chi connectivity index (χ1n) is 9.21. The Bertz CT molecular complexity index is 980. The fourth-order valence-electron chi connectivity index (χ4n) is 3.71. The number of fused-ring (bicyclic) bond motifs is 1. The monoisotopic (exact) mass is 362 g/mol. The number of pyridine rings is 1. The number of nitrogens with zero attached hydrogens (tertiary/aromatic N) is 3. The van der Waals surface area contributed by atoms with Crippen LogP contribution in [0.1, 0.15) is 32.8 Å². The lowest BCUT2D eigenvalue weighted by molar-refractivity contribution is 0.0719. The molecule has 6 heteroatoms. The number of carbonyl (C=O) groups excluding carboxylic acids is 2. The molecular weight excluding hydrogens is 340 g/mol. The van der Waals surface area contributed by atoms with Crippen molar-refractivity contribution in [3.63, 3.8) is 0 Å². The molecule has 1 N–H and O–H groups in total. The zero-order chi connectivity index (χ0) is 18.8. The number of para-hydroxylation sites is 1. The number of carbonyl (C=O) groups is 2. The number of hydrogen-bond donors (Lipinski definition) is 1. The van der Waals surface area contributed by atoms with Gasteiger partial charge in [-0.3, -0.25) is 14.6 Å². The number of rotatable bonds is 2. The third-order valence-corrected chi connectivity index (χ3v) is 5.11. The maximum Gasteiger partial charge on any atom is 0.256 e. The minimum Gasteiger partial charge on any atom is -0.358 e. The highest BCUT2D eigenvalue weighted by atomic mass is 16.2. The first-order valence-corrected chi connectivity index (χ1v) is 9.21. The van der Waals surface area contributed by atoms with Gasteiger partial charge in [-0.25, -0.2) is 0 Å². The first kappa shape index (κ1) is 17.3. The van der Waals surface area contributed by atoms with Crippen molar-refractivity contribution in [2.45, 2.75) is 13.3 Å². The van der Waals surface area contributed by atoms with Gasteiger partial charge in [0.2, 0.25) is 0 Å². The van der Waals surface area contributed by atoms with Crippen molar-refractivity contribution in [1.82, 2.24) is 19.8 Å². The molecule has 6 nitrogen and oxygen atoms in total. The molecule has 0 atom stereocenters. The van der Waals surface area contributed by atoms with E-state index in [9.17, 15) is 9.59 Å². The topological polar surface area (TPSA) is 69.3 Å². The van der Waals surface area contributed by atoms with Crippen LogP contribution < -0.4 is 0 Å². The van der Waals surface area contributed by atoms with Crippen LogP contribution in [0.5, 0.6) is 0 Å².